The second-order valence-corrected chi connectivity index (χ2v) is 9.34. The van der Waals surface area contributed by atoms with Crippen LogP contribution in [0.4, 0.5) is 5.69 Å². The van der Waals surface area contributed by atoms with E-state index in [9.17, 15) is 8.42 Å². The third-order valence-corrected chi connectivity index (χ3v) is 7.30. The average Bonchev–Trinajstić information content (AvgIpc) is 2.57. The molecule has 0 N–H and O–H groups in total. The first-order valence-corrected chi connectivity index (χ1v) is 10.5. The molecule has 1 aromatic carbocycles. The summed E-state index contributed by atoms with van der Waals surface area (Å²) in [5.41, 5.74) is 2.32. The molecule has 3 rings (SSSR count). The van der Waals surface area contributed by atoms with E-state index in [2.05, 4.69) is 50.9 Å². The van der Waals surface area contributed by atoms with Crippen LogP contribution in [0.5, 0.6) is 0 Å². The number of pyridine rings is 1. The summed E-state index contributed by atoms with van der Waals surface area (Å²) in [5, 5.41) is 0.247. The first-order valence-electron chi connectivity index (χ1n) is 7.93. The number of aryl methyl sites for hydroxylation is 1. The van der Waals surface area contributed by atoms with Crippen molar-refractivity contribution in [1.82, 2.24) is 9.29 Å². The van der Waals surface area contributed by atoms with Crippen molar-refractivity contribution in [1.29, 1.82) is 0 Å². The van der Waals surface area contributed by atoms with Crippen molar-refractivity contribution in [2.75, 3.05) is 24.5 Å². The average molecular weight is 445 g/mol. The molecule has 0 spiro atoms. The maximum absolute atomic E-state index is 12.9. The zero-order valence-corrected chi connectivity index (χ0v) is 17.1. The molecular weight excluding hydrogens is 426 g/mol. The molecule has 2 heterocycles. The van der Waals surface area contributed by atoms with E-state index in [0.717, 1.165) is 5.69 Å². The number of halogens is 2. The van der Waals surface area contributed by atoms with E-state index in [1.807, 2.05) is 13.0 Å². The lowest BCUT2D eigenvalue weighted by Gasteiger charge is -2.40. The Kier molecular flexibility index (Phi) is 5.39. The Hall–Kier alpha value is -1.15. The molecule has 134 valence electrons. The number of nitrogens with zero attached hydrogens (tertiary/aromatic N) is 3. The monoisotopic (exact) mass is 443 g/mol. The minimum atomic E-state index is -3.59. The zero-order valence-electron chi connectivity index (χ0n) is 14.0. The van der Waals surface area contributed by atoms with E-state index < -0.39 is 10.0 Å². The molecule has 0 radical (unpaired) electrons. The number of benzene rings is 1. The van der Waals surface area contributed by atoms with Crippen LogP contribution in [0.2, 0.25) is 5.15 Å². The predicted molar refractivity (Wildman–Crippen MR) is 104 cm³/mol. The highest BCUT2D eigenvalue weighted by Gasteiger charge is 2.32. The number of rotatable bonds is 3. The number of sulfonamides is 1. The standard InChI is InChI=1S/C17H19BrClN3O2S/c1-12-4-3-5-14(8-12)22-7-6-21(11-13(22)2)25(23,24)15-9-16(18)17(19)20-10-15/h3-5,8-10,13H,6-7,11H2,1-2H3. The Labute approximate surface area is 161 Å². The number of anilines is 1. The maximum Gasteiger partial charge on any atom is 0.244 e. The van der Waals surface area contributed by atoms with Gasteiger partial charge in [-0.1, -0.05) is 23.7 Å². The van der Waals surface area contributed by atoms with E-state index in [0.29, 0.717) is 24.1 Å². The largest absolute Gasteiger partial charge is 0.366 e. The third kappa shape index (κ3) is 3.84. The molecule has 1 unspecified atom stereocenters. The molecule has 1 saturated heterocycles. The van der Waals surface area contributed by atoms with Gasteiger partial charge in [0.2, 0.25) is 10.0 Å². The van der Waals surface area contributed by atoms with Crippen LogP contribution < -0.4 is 4.90 Å². The summed E-state index contributed by atoms with van der Waals surface area (Å²) in [5.74, 6) is 0. The molecule has 0 aliphatic carbocycles. The second kappa shape index (κ2) is 7.23. The fourth-order valence-electron chi connectivity index (χ4n) is 3.03. The number of piperazine rings is 1. The molecule has 5 nitrogen and oxygen atoms in total. The van der Waals surface area contributed by atoms with Gasteiger partial charge in [0.15, 0.2) is 0 Å². The molecule has 1 aromatic heterocycles. The molecule has 1 atom stereocenters. The highest BCUT2D eigenvalue weighted by atomic mass is 79.9. The number of aromatic nitrogens is 1. The normalized spacial score (nSPS) is 19.2. The van der Waals surface area contributed by atoms with Crippen LogP contribution >= 0.6 is 27.5 Å². The first-order chi connectivity index (χ1) is 11.8. The van der Waals surface area contributed by atoms with Gasteiger partial charge in [0.05, 0.1) is 4.47 Å². The van der Waals surface area contributed by atoms with Crippen molar-refractivity contribution < 1.29 is 8.42 Å². The van der Waals surface area contributed by atoms with Gasteiger partial charge in [-0.05, 0) is 53.5 Å². The SMILES string of the molecule is Cc1cccc(N2CCN(S(=O)(=O)c3cnc(Cl)c(Br)c3)CC2C)c1. The topological polar surface area (TPSA) is 53.5 Å². The van der Waals surface area contributed by atoms with E-state index in [1.54, 1.807) is 0 Å². The van der Waals surface area contributed by atoms with Crippen molar-refractivity contribution in [3.8, 4) is 0 Å². The van der Waals surface area contributed by atoms with Crippen LogP contribution in [0.1, 0.15) is 12.5 Å². The minimum absolute atomic E-state index is 0.0778. The van der Waals surface area contributed by atoms with Gasteiger partial charge >= 0.3 is 0 Å². The highest BCUT2D eigenvalue weighted by molar-refractivity contribution is 9.10. The van der Waals surface area contributed by atoms with Gasteiger partial charge in [-0.15, -0.1) is 0 Å². The van der Waals surface area contributed by atoms with Gasteiger partial charge in [0.25, 0.3) is 0 Å². The Morgan fingerprint density at radius 1 is 1.28 bits per heavy atom. The van der Waals surface area contributed by atoms with Gasteiger partial charge in [0, 0.05) is 37.6 Å². The van der Waals surface area contributed by atoms with Crippen LogP contribution in [0, 0.1) is 6.92 Å². The molecule has 1 aliphatic rings. The molecule has 0 saturated carbocycles. The summed E-state index contributed by atoms with van der Waals surface area (Å²) in [4.78, 5) is 6.33. The summed E-state index contributed by atoms with van der Waals surface area (Å²) >= 11 is 9.10. The minimum Gasteiger partial charge on any atom is -0.366 e. The lowest BCUT2D eigenvalue weighted by Crippen LogP contribution is -2.53. The Bertz CT molecular complexity index is 891. The smallest absolute Gasteiger partial charge is 0.244 e. The van der Waals surface area contributed by atoms with Crippen molar-refractivity contribution in [3.63, 3.8) is 0 Å². The van der Waals surface area contributed by atoms with Crippen LogP contribution in [0.15, 0.2) is 45.9 Å². The van der Waals surface area contributed by atoms with Gasteiger partial charge in [-0.2, -0.15) is 4.31 Å². The molecular formula is C17H19BrClN3O2S. The van der Waals surface area contributed by atoms with Crippen molar-refractivity contribution >= 4 is 43.2 Å². The third-order valence-electron chi connectivity index (χ3n) is 4.33. The van der Waals surface area contributed by atoms with E-state index in [4.69, 9.17) is 11.6 Å². The van der Waals surface area contributed by atoms with Gasteiger partial charge in [0.1, 0.15) is 10.0 Å². The molecule has 1 fully saturated rings. The molecule has 2 aromatic rings. The van der Waals surface area contributed by atoms with Crippen molar-refractivity contribution in [2.45, 2.75) is 24.8 Å². The molecule has 8 heteroatoms. The van der Waals surface area contributed by atoms with E-state index >= 15 is 0 Å². The van der Waals surface area contributed by atoms with Gasteiger partial charge in [-0.3, -0.25) is 0 Å². The Balaban J connectivity index is 1.81. The molecule has 0 amide bonds. The Morgan fingerprint density at radius 3 is 2.68 bits per heavy atom. The quantitative estimate of drug-likeness (QED) is 0.677. The van der Waals surface area contributed by atoms with E-state index in [-0.39, 0.29) is 16.1 Å². The predicted octanol–water partition coefficient (Wildman–Crippen LogP) is 3.71. The van der Waals surface area contributed by atoms with Crippen LogP contribution in [0.25, 0.3) is 0 Å². The second-order valence-electron chi connectivity index (χ2n) is 6.19. The summed E-state index contributed by atoms with van der Waals surface area (Å²) in [6, 6.07) is 9.85. The van der Waals surface area contributed by atoms with Crippen molar-refractivity contribution in [3.05, 3.63) is 51.7 Å². The Morgan fingerprint density at radius 2 is 2.04 bits per heavy atom. The van der Waals surface area contributed by atoms with Gasteiger partial charge in [-0.25, -0.2) is 13.4 Å². The number of hydrogen-bond acceptors (Lipinski definition) is 4. The summed E-state index contributed by atoms with van der Waals surface area (Å²) < 4.78 is 27.8. The van der Waals surface area contributed by atoms with E-state index in [1.165, 1.54) is 22.1 Å². The zero-order chi connectivity index (χ0) is 18.2. The first kappa shape index (κ1) is 18.6. The van der Waals surface area contributed by atoms with Crippen LogP contribution in [-0.4, -0.2) is 43.4 Å². The van der Waals surface area contributed by atoms with Gasteiger partial charge < -0.3 is 4.90 Å². The molecule has 1 aliphatic heterocycles. The fraction of sp³-hybridized carbons (Fsp3) is 0.353. The fourth-order valence-corrected chi connectivity index (χ4v) is 5.12. The molecule has 25 heavy (non-hydrogen) atoms. The lowest BCUT2D eigenvalue weighted by molar-refractivity contribution is 0.342. The lowest BCUT2D eigenvalue weighted by atomic mass is 10.1. The summed E-state index contributed by atoms with van der Waals surface area (Å²) in [6.07, 6.45) is 1.31. The molecule has 0 bridgehead atoms. The number of hydrogen-bond donors (Lipinski definition) is 0. The summed E-state index contributed by atoms with van der Waals surface area (Å²) in [7, 11) is -3.59. The van der Waals surface area contributed by atoms with Crippen LogP contribution in [-0.2, 0) is 10.0 Å². The summed E-state index contributed by atoms with van der Waals surface area (Å²) in [6.45, 7) is 5.60. The maximum atomic E-state index is 12.9. The highest BCUT2D eigenvalue weighted by Crippen LogP contribution is 2.27. The van der Waals surface area contributed by atoms with Crippen LogP contribution in [0.3, 0.4) is 0 Å². The van der Waals surface area contributed by atoms with Crippen molar-refractivity contribution in [2.24, 2.45) is 0 Å².